The summed E-state index contributed by atoms with van der Waals surface area (Å²) >= 11 is 1.22. The molecule has 0 aliphatic heterocycles. The van der Waals surface area contributed by atoms with E-state index >= 15 is 0 Å². The number of aromatic nitrogens is 3. The molecule has 140 valence electrons. The molecule has 1 amide bonds. The summed E-state index contributed by atoms with van der Waals surface area (Å²) in [6, 6.07) is 14.1. The van der Waals surface area contributed by atoms with Gasteiger partial charge in [-0.2, -0.15) is 0 Å². The third kappa shape index (κ3) is 4.54. The van der Waals surface area contributed by atoms with Crippen LogP contribution in [-0.4, -0.2) is 26.3 Å². The molecule has 1 aromatic heterocycles. The van der Waals surface area contributed by atoms with Gasteiger partial charge in [0.2, 0.25) is 11.1 Å². The zero-order valence-corrected chi connectivity index (χ0v) is 16.2. The number of nitrogens with one attached hydrogen (secondary N) is 2. The van der Waals surface area contributed by atoms with Crippen LogP contribution >= 0.6 is 11.8 Å². The van der Waals surface area contributed by atoms with E-state index in [1.54, 1.807) is 25.1 Å². The molecule has 5 nitrogen and oxygen atoms in total. The van der Waals surface area contributed by atoms with Crippen molar-refractivity contribution in [2.75, 3.05) is 5.32 Å². The lowest BCUT2D eigenvalue weighted by atomic mass is 10.0. The van der Waals surface area contributed by atoms with Crippen LogP contribution in [0.4, 0.5) is 10.1 Å². The van der Waals surface area contributed by atoms with E-state index in [0.717, 1.165) is 11.3 Å². The maximum atomic E-state index is 13.9. The second-order valence-electron chi connectivity index (χ2n) is 6.44. The van der Waals surface area contributed by atoms with Gasteiger partial charge in [-0.05, 0) is 36.6 Å². The van der Waals surface area contributed by atoms with Gasteiger partial charge in [0.15, 0.2) is 5.82 Å². The Morgan fingerprint density at radius 3 is 2.56 bits per heavy atom. The molecule has 0 saturated heterocycles. The molecule has 1 heterocycles. The first-order valence-corrected chi connectivity index (χ1v) is 9.57. The zero-order chi connectivity index (χ0) is 19.4. The lowest BCUT2D eigenvalue weighted by Crippen LogP contribution is -2.23. The molecule has 0 aliphatic carbocycles. The van der Waals surface area contributed by atoms with Crippen LogP contribution in [-0.2, 0) is 4.79 Å². The molecule has 0 aliphatic rings. The van der Waals surface area contributed by atoms with E-state index in [9.17, 15) is 9.18 Å². The van der Waals surface area contributed by atoms with E-state index in [2.05, 4.69) is 34.3 Å². The molecule has 3 aromatic rings. The van der Waals surface area contributed by atoms with Crippen LogP contribution in [0.15, 0.2) is 53.7 Å². The number of benzene rings is 2. The molecule has 0 radical (unpaired) electrons. The van der Waals surface area contributed by atoms with Crippen molar-refractivity contribution in [3.63, 3.8) is 0 Å². The fourth-order valence-corrected chi connectivity index (χ4v) is 3.36. The average Bonchev–Trinajstić information content (AvgIpc) is 3.10. The largest absolute Gasteiger partial charge is 0.325 e. The maximum Gasteiger partial charge on any atom is 0.237 e. The van der Waals surface area contributed by atoms with Gasteiger partial charge in [-0.3, -0.25) is 9.89 Å². The fourth-order valence-electron chi connectivity index (χ4n) is 2.63. The molecule has 0 spiro atoms. The minimum Gasteiger partial charge on any atom is -0.325 e. The van der Waals surface area contributed by atoms with Crippen molar-refractivity contribution in [3.05, 3.63) is 59.9 Å². The molecule has 0 bridgehead atoms. The molecule has 3 rings (SSSR count). The Morgan fingerprint density at radius 2 is 1.81 bits per heavy atom. The molecular weight excluding hydrogens is 363 g/mol. The van der Waals surface area contributed by atoms with Crippen LogP contribution in [0.1, 0.15) is 32.3 Å². The van der Waals surface area contributed by atoms with E-state index in [0.29, 0.717) is 22.5 Å². The van der Waals surface area contributed by atoms with Gasteiger partial charge in [-0.15, -0.1) is 5.10 Å². The van der Waals surface area contributed by atoms with Gasteiger partial charge in [-0.1, -0.05) is 55.9 Å². The predicted octanol–water partition coefficient (Wildman–Crippen LogP) is 4.85. The SMILES string of the molecule is CC(C)c1ccccc1NC(=O)[C@@H](C)Sc1n[nH]c(-c2ccccc2F)n1. The van der Waals surface area contributed by atoms with Gasteiger partial charge >= 0.3 is 0 Å². The standard InChI is InChI=1S/C20H21FN4OS/c1-12(2)14-8-5-7-11-17(14)22-19(26)13(3)27-20-23-18(24-25-20)15-9-4-6-10-16(15)21/h4-13H,1-3H3,(H,22,26)(H,23,24,25)/t13-/m1/s1. The highest BCUT2D eigenvalue weighted by molar-refractivity contribution is 8.00. The van der Waals surface area contributed by atoms with E-state index in [4.69, 9.17) is 0 Å². The number of thioether (sulfide) groups is 1. The van der Waals surface area contributed by atoms with E-state index in [1.807, 2.05) is 24.3 Å². The Kier molecular flexibility index (Phi) is 5.91. The minimum absolute atomic E-state index is 0.134. The number of amides is 1. The lowest BCUT2D eigenvalue weighted by molar-refractivity contribution is -0.115. The molecule has 1 atom stereocenters. The number of nitrogens with zero attached hydrogens (tertiary/aromatic N) is 2. The molecule has 27 heavy (non-hydrogen) atoms. The molecule has 0 unspecified atom stereocenters. The van der Waals surface area contributed by atoms with E-state index < -0.39 is 5.25 Å². The number of carbonyl (C=O) groups is 1. The summed E-state index contributed by atoms with van der Waals surface area (Å²) in [5.74, 6) is 0.140. The first-order valence-electron chi connectivity index (χ1n) is 8.69. The average molecular weight is 384 g/mol. The van der Waals surface area contributed by atoms with Crippen LogP contribution in [0.2, 0.25) is 0 Å². The van der Waals surface area contributed by atoms with Gasteiger partial charge in [0, 0.05) is 5.69 Å². The van der Waals surface area contributed by atoms with Gasteiger partial charge in [0.25, 0.3) is 0 Å². The number of anilines is 1. The van der Waals surface area contributed by atoms with Crippen molar-refractivity contribution < 1.29 is 9.18 Å². The van der Waals surface area contributed by atoms with Crippen LogP contribution in [0.3, 0.4) is 0 Å². The van der Waals surface area contributed by atoms with Crippen LogP contribution < -0.4 is 5.32 Å². The van der Waals surface area contributed by atoms with Crippen molar-refractivity contribution in [2.45, 2.75) is 37.1 Å². The summed E-state index contributed by atoms with van der Waals surface area (Å²) in [6.45, 7) is 5.96. The highest BCUT2D eigenvalue weighted by Gasteiger charge is 2.19. The predicted molar refractivity (Wildman–Crippen MR) is 106 cm³/mol. The number of hydrogen-bond donors (Lipinski definition) is 2. The molecule has 7 heteroatoms. The number of hydrogen-bond acceptors (Lipinski definition) is 4. The Labute approximate surface area is 161 Å². The summed E-state index contributed by atoms with van der Waals surface area (Å²) in [5, 5.41) is 9.78. The van der Waals surface area contributed by atoms with Crippen molar-refractivity contribution in [1.82, 2.24) is 15.2 Å². The number of carbonyl (C=O) groups excluding carboxylic acids is 1. The molecule has 0 fully saturated rings. The second-order valence-corrected chi connectivity index (χ2v) is 7.75. The smallest absolute Gasteiger partial charge is 0.237 e. The van der Waals surface area contributed by atoms with Gasteiger partial charge in [0.05, 0.1) is 10.8 Å². The monoisotopic (exact) mass is 384 g/mol. The highest BCUT2D eigenvalue weighted by atomic mass is 32.2. The molecule has 0 saturated carbocycles. The number of rotatable bonds is 6. The van der Waals surface area contributed by atoms with E-state index in [1.165, 1.54) is 17.8 Å². The fraction of sp³-hybridized carbons (Fsp3) is 0.250. The van der Waals surface area contributed by atoms with Gasteiger partial charge < -0.3 is 5.32 Å². The van der Waals surface area contributed by atoms with Crippen LogP contribution in [0.25, 0.3) is 11.4 Å². The van der Waals surface area contributed by atoms with Gasteiger partial charge in [0.1, 0.15) is 5.82 Å². The zero-order valence-electron chi connectivity index (χ0n) is 15.4. The lowest BCUT2D eigenvalue weighted by Gasteiger charge is -2.15. The number of halogens is 1. The topological polar surface area (TPSA) is 70.7 Å². The number of H-pyrrole nitrogens is 1. The maximum absolute atomic E-state index is 13.9. The summed E-state index contributed by atoms with van der Waals surface area (Å²) in [5.41, 5.74) is 2.24. The third-order valence-corrected chi connectivity index (χ3v) is 5.05. The van der Waals surface area contributed by atoms with Crippen LogP contribution in [0, 0.1) is 5.82 Å². The highest BCUT2D eigenvalue weighted by Crippen LogP contribution is 2.27. The first kappa shape index (κ1) is 19.1. The normalized spacial score (nSPS) is 12.2. The molecule has 2 aromatic carbocycles. The Balaban J connectivity index is 1.68. The number of aromatic amines is 1. The molecule has 2 N–H and O–H groups in total. The van der Waals surface area contributed by atoms with Crippen molar-refractivity contribution in [2.24, 2.45) is 0 Å². The summed E-state index contributed by atoms with van der Waals surface area (Å²) < 4.78 is 13.9. The third-order valence-electron chi connectivity index (χ3n) is 4.09. The molecular formula is C20H21FN4OS. The van der Waals surface area contributed by atoms with Crippen molar-refractivity contribution >= 4 is 23.4 Å². The number of para-hydroxylation sites is 1. The van der Waals surface area contributed by atoms with Gasteiger partial charge in [-0.25, -0.2) is 9.37 Å². The Hall–Kier alpha value is -2.67. The quantitative estimate of drug-likeness (QED) is 0.596. The van der Waals surface area contributed by atoms with Crippen molar-refractivity contribution in [1.29, 1.82) is 0 Å². The van der Waals surface area contributed by atoms with E-state index in [-0.39, 0.29) is 11.7 Å². The van der Waals surface area contributed by atoms with Crippen LogP contribution in [0.5, 0.6) is 0 Å². The summed E-state index contributed by atoms with van der Waals surface area (Å²) in [6.07, 6.45) is 0. The van der Waals surface area contributed by atoms with Crippen molar-refractivity contribution in [3.8, 4) is 11.4 Å². The Bertz CT molecular complexity index is 941. The Morgan fingerprint density at radius 1 is 1.11 bits per heavy atom. The summed E-state index contributed by atoms with van der Waals surface area (Å²) in [4.78, 5) is 16.9. The second kappa shape index (κ2) is 8.35. The first-order chi connectivity index (χ1) is 13.0. The summed E-state index contributed by atoms with van der Waals surface area (Å²) in [7, 11) is 0. The minimum atomic E-state index is -0.408.